The molecule has 0 saturated carbocycles. The number of ketones is 2. The van der Waals surface area contributed by atoms with E-state index in [1.54, 1.807) is 13.8 Å². The molecular formula is C15H28O5S3. The maximum Gasteiger partial charge on any atom is 0.275 e. The molecule has 0 aliphatic carbocycles. The first-order valence-electron chi connectivity index (χ1n) is 7.61. The van der Waals surface area contributed by atoms with Crippen LogP contribution in [0.3, 0.4) is 0 Å². The lowest BCUT2D eigenvalue weighted by atomic mass is 9.99. The fraction of sp³-hybridized carbons (Fsp3) is 0.867. The molecule has 0 aliphatic rings. The second-order valence-corrected chi connectivity index (χ2v) is 11.5. The van der Waals surface area contributed by atoms with Crippen molar-refractivity contribution in [1.29, 1.82) is 0 Å². The highest BCUT2D eigenvalue weighted by Crippen LogP contribution is 2.39. The third kappa shape index (κ3) is 9.12. The van der Waals surface area contributed by atoms with Crippen LogP contribution in [0.15, 0.2) is 0 Å². The van der Waals surface area contributed by atoms with Gasteiger partial charge in [0.2, 0.25) is 0 Å². The third-order valence-corrected chi connectivity index (χ3v) is 7.75. The highest BCUT2D eigenvalue weighted by atomic mass is 33.1. The van der Waals surface area contributed by atoms with Gasteiger partial charge in [-0.15, -0.1) is 0 Å². The van der Waals surface area contributed by atoms with Crippen LogP contribution in [0.4, 0.5) is 0 Å². The van der Waals surface area contributed by atoms with Gasteiger partial charge in [-0.25, -0.2) is 0 Å². The van der Waals surface area contributed by atoms with Crippen LogP contribution in [0.2, 0.25) is 0 Å². The van der Waals surface area contributed by atoms with E-state index in [4.69, 9.17) is 0 Å². The van der Waals surface area contributed by atoms with Gasteiger partial charge in [0, 0.05) is 28.8 Å². The number of rotatable bonds is 11. The topological polar surface area (TPSA) is 88.5 Å². The Morgan fingerprint density at radius 1 is 1.09 bits per heavy atom. The molecule has 0 aromatic rings. The minimum Gasteiger partial charge on any atom is -0.299 e. The van der Waals surface area contributed by atoms with Gasteiger partial charge in [-0.3, -0.25) is 14.1 Å². The van der Waals surface area contributed by atoms with Gasteiger partial charge in [0.25, 0.3) is 10.1 Å². The van der Waals surface area contributed by atoms with Crippen molar-refractivity contribution in [2.75, 3.05) is 5.75 Å². The van der Waals surface area contributed by atoms with Crippen LogP contribution in [0.5, 0.6) is 0 Å². The third-order valence-electron chi connectivity index (χ3n) is 3.24. The number of hydrogen-bond acceptors (Lipinski definition) is 6. The summed E-state index contributed by atoms with van der Waals surface area (Å²) in [5, 5.41) is -1.36. The van der Waals surface area contributed by atoms with Crippen molar-refractivity contribution in [3.63, 3.8) is 0 Å². The second kappa shape index (κ2) is 9.44. The van der Waals surface area contributed by atoms with E-state index in [0.717, 1.165) is 0 Å². The SMILES string of the molecule is CC(C)C(=O)CC(C)(C)SSCCC(C(=O)C(C)C)S(=O)(=O)O. The average molecular weight is 385 g/mol. The molecule has 1 N–H and O–H groups in total. The smallest absolute Gasteiger partial charge is 0.275 e. The van der Waals surface area contributed by atoms with Gasteiger partial charge in [-0.05, 0) is 20.3 Å². The van der Waals surface area contributed by atoms with E-state index in [9.17, 15) is 22.6 Å². The summed E-state index contributed by atoms with van der Waals surface area (Å²) in [6, 6.07) is 0. The summed E-state index contributed by atoms with van der Waals surface area (Å²) in [7, 11) is -1.45. The largest absolute Gasteiger partial charge is 0.299 e. The number of Topliss-reactive ketones (excluding diaryl/α,β-unsaturated/α-hetero) is 2. The molecule has 1 unspecified atom stereocenters. The molecule has 23 heavy (non-hydrogen) atoms. The quantitative estimate of drug-likeness (QED) is 0.330. The van der Waals surface area contributed by atoms with Crippen molar-refractivity contribution in [3.8, 4) is 0 Å². The molecule has 0 aliphatic heterocycles. The number of hydrogen-bond donors (Lipinski definition) is 1. The molecule has 0 spiro atoms. The predicted molar refractivity (Wildman–Crippen MR) is 98.4 cm³/mol. The van der Waals surface area contributed by atoms with Crippen molar-refractivity contribution in [2.45, 2.75) is 64.4 Å². The van der Waals surface area contributed by atoms with Crippen LogP contribution in [0.25, 0.3) is 0 Å². The molecule has 8 heteroatoms. The van der Waals surface area contributed by atoms with E-state index in [1.807, 2.05) is 27.7 Å². The first kappa shape index (κ1) is 22.9. The first-order valence-corrected chi connectivity index (χ1v) is 11.4. The van der Waals surface area contributed by atoms with E-state index in [1.165, 1.54) is 21.6 Å². The average Bonchev–Trinajstić information content (AvgIpc) is 2.35. The summed E-state index contributed by atoms with van der Waals surface area (Å²) >= 11 is 0. The van der Waals surface area contributed by atoms with Gasteiger partial charge >= 0.3 is 0 Å². The van der Waals surface area contributed by atoms with Crippen LogP contribution < -0.4 is 0 Å². The summed E-state index contributed by atoms with van der Waals surface area (Å²) in [6.45, 7) is 10.9. The minimum absolute atomic E-state index is 0.00699. The van der Waals surface area contributed by atoms with Crippen LogP contribution in [-0.2, 0) is 19.7 Å². The van der Waals surface area contributed by atoms with Crippen LogP contribution in [-0.4, -0.2) is 40.3 Å². The normalized spacial score (nSPS) is 14.3. The fourth-order valence-electron chi connectivity index (χ4n) is 1.82. The highest BCUT2D eigenvalue weighted by Gasteiger charge is 2.32. The number of carbonyl (C=O) groups excluding carboxylic acids is 2. The molecule has 5 nitrogen and oxygen atoms in total. The Morgan fingerprint density at radius 2 is 1.61 bits per heavy atom. The van der Waals surface area contributed by atoms with Crippen molar-refractivity contribution < 1.29 is 22.6 Å². The Kier molecular flexibility index (Phi) is 9.42. The Balaban J connectivity index is 4.51. The fourth-order valence-corrected chi connectivity index (χ4v) is 5.56. The van der Waals surface area contributed by atoms with Gasteiger partial charge in [0.15, 0.2) is 5.78 Å². The van der Waals surface area contributed by atoms with Gasteiger partial charge in [-0.2, -0.15) is 8.42 Å². The van der Waals surface area contributed by atoms with Crippen molar-refractivity contribution >= 4 is 43.3 Å². The summed E-state index contributed by atoms with van der Waals surface area (Å²) in [4.78, 5) is 23.7. The standard InChI is InChI=1S/C15H28O5S3/c1-10(2)12(16)9-15(5,6)22-21-8-7-13(23(18,19)20)14(17)11(3)4/h10-11,13H,7-9H2,1-6H3,(H,18,19,20). The molecule has 0 fully saturated rings. The molecule has 0 aromatic carbocycles. The van der Waals surface area contributed by atoms with Crippen molar-refractivity contribution in [3.05, 3.63) is 0 Å². The van der Waals surface area contributed by atoms with Crippen LogP contribution >= 0.6 is 21.6 Å². The molecule has 1 atom stereocenters. The Morgan fingerprint density at radius 3 is 2.00 bits per heavy atom. The Bertz CT molecular complexity index is 509. The Labute approximate surface area is 147 Å². The van der Waals surface area contributed by atoms with Crippen molar-refractivity contribution in [2.24, 2.45) is 11.8 Å². The van der Waals surface area contributed by atoms with E-state index in [-0.39, 0.29) is 22.9 Å². The lowest BCUT2D eigenvalue weighted by Gasteiger charge is -2.23. The molecule has 136 valence electrons. The second-order valence-electron chi connectivity index (χ2n) is 6.81. The zero-order valence-corrected chi connectivity index (χ0v) is 17.1. The van der Waals surface area contributed by atoms with Gasteiger partial charge in [0.1, 0.15) is 11.0 Å². The van der Waals surface area contributed by atoms with E-state index in [2.05, 4.69) is 0 Å². The first-order chi connectivity index (χ1) is 10.3. The zero-order valence-electron chi connectivity index (χ0n) is 14.7. The molecular weight excluding hydrogens is 356 g/mol. The molecule has 0 radical (unpaired) electrons. The van der Waals surface area contributed by atoms with Gasteiger partial charge < -0.3 is 0 Å². The lowest BCUT2D eigenvalue weighted by Crippen LogP contribution is -2.33. The molecule has 0 rings (SSSR count). The monoisotopic (exact) mass is 384 g/mol. The Hall–Kier alpha value is -0.0500. The summed E-state index contributed by atoms with van der Waals surface area (Å²) < 4.78 is 31.7. The van der Waals surface area contributed by atoms with Gasteiger partial charge in [-0.1, -0.05) is 49.3 Å². The van der Waals surface area contributed by atoms with Gasteiger partial charge in [0.05, 0.1) is 0 Å². The number of carbonyl (C=O) groups is 2. The molecule has 0 heterocycles. The molecule has 0 aromatic heterocycles. The summed E-state index contributed by atoms with van der Waals surface area (Å²) in [6.07, 6.45) is 0.511. The zero-order chi connectivity index (χ0) is 18.4. The maximum absolute atomic E-state index is 11.9. The van der Waals surface area contributed by atoms with Crippen LogP contribution in [0, 0.1) is 11.8 Å². The summed E-state index contributed by atoms with van der Waals surface area (Å²) in [5.41, 5.74) is 0. The predicted octanol–water partition coefficient (Wildman–Crippen LogP) is 3.63. The highest BCUT2D eigenvalue weighted by molar-refractivity contribution is 8.77. The lowest BCUT2D eigenvalue weighted by molar-refractivity contribution is -0.122. The maximum atomic E-state index is 11.9. The molecule has 0 saturated heterocycles. The molecule has 0 amide bonds. The van der Waals surface area contributed by atoms with Crippen LogP contribution in [0.1, 0.15) is 54.4 Å². The van der Waals surface area contributed by atoms with E-state index in [0.29, 0.717) is 12.2 Å². The minimum atomic E-state index is -4.38. The summed E-state index contributed by atoms with van der Waals surface area (Å²) in [5.74, 6) is -0.319. The van der Waals surface area contributed by atoms with E-state index < -0.39 is 27.1 Å². The molecule has 0 bridgehead atoms. The van der Waals surface area contributed by atoms with Crippen molar-refractivity contribution in [1.82, 2.24) is 0 Å². The van der Waals surface area contributed by atoms with E-state index >= 15 is 0 Å².